The second-order valence-corrected chi connectivity index (χ2v) is 7.09. The molecule has 0 saturated carbocycles. The molecule has 2 aromatic carbocycles. The molecule has 0 spiro atoms. The Morgan fingerprint density at radius 3 is 2.45 bits per heavy atom. The predicted molar refractivity (Wildman–Crippen MR) is 110 cm³/mol. The number of carbonyl (C=O) groups is 2. The van der Waals surface area contributed by atoms with Gasteiger partial charge in [0.1, 0.15) is 17.6 Å². The highest BCUT2D eigenvalue weighted by atomic mass is 19.1. The number of nitrogens with two attached hydrogens (primary N) is 1. The lowest BCUT2D eigenvalue weighted by molar-refractivity contribution is -0.119. The lowest BCUT2D eigenvalue weighted by Gasteiger charge is -2.25. The molecule has 2 aromatic rings. The van der Waals surface area contributed by atoms with E-state index >= 15 is 0 Å². The highest BCUT2D eigenvalue weighted by Crippen LogP contribution is 2.25. The first-order valence-corrected chi connectivity index (χ1v) is 9.28. The summed E-state index contributed by atoms with van der Waals surface area (Å²) in [5, 5.41) is 8.55. The van der Waals surface area contributed by atoms with Crippen LogP contribution in [0.5, 0.6) is 0 Å². The van der Waals surface area contributed by atoms with Crippen LogP contribution in [0.1, 0.15) is 18.0 Å². The summed E-state index contributed by atoms with van der Waals surface area (Å²) in [5.74, 6) is -1.36. The van der Waals surface area contributed by atoms with Crippen molar-refractivity contribution in [3.63, 3.8) is 0 Å². The van der Waals surface area contributed by atoms with Gasteiger partial charge in [-0.15, -0.1) is 0 Å². The fourth-order valence-corrected chi connectivity index (χ4v) is 3.27. The number of hydrogen-bond acceptors (Lipinski definition) is 5. The zero-order valence-corrected chi connectivity index (χ0v) is 16.4. The van der Waals surface area contributed by atoms with E-state index in [0.717, 1.165) is 5.56 Å². The predicted octanol–water partition coefficient (Wildman–Crippen LogP) is 1.66. The van der Waals surface area contributed by atoms with Crippen molar-refractivity contribution in [2.45, 2.75) is 18.5 Å². The van der Waals surface area contributed by atoms with Crippen molar-refractivity contribution in [1.29, 1.82) is 0 Å². The fraction of sp³-hybridized carbons (Fsp3) is 0.286. The van der Waals surface area contributed by atoms with Crippen molar-refractivity contribution in [1.82, 2.24) is 10.2 Å². The summed E-state index contributed by atoms with van der Waals surface area (Å²) in [4.78, 5) is 26.6. The maximum atomic E-state index is 13.2. The molecule has 0 aromatic heterocycles. The summed E-state index contributed by atoms with van der Waals surface area (Å²) in [6.07, 6.45) is 0.0938. The maximum Gasteiger partial charge on any atom is 0.267 e. The summed E-state index contributed by atoms with van der Waals surface area (Å²) < 4.78 is 13.2. The molecule has 0 bridgehead atoms. The molecular formula is C21H24FN5O2. The molecule has 3 rings (SSSR count). The first-order valence-electron chi connectivity index (χ1n) is 9.28. The number of primary amides is 1. The summed E-state index contributed by atoms with van der Waals surface area (Å²) in [6.45, 7) is 0.382. The van der Waals surface area contributed by atoms with Gasteiger partial charge in [-0.05, 0) is 43.9 Å². The molecule has 152 valence electrons. The van der Waals surface area contributed by atoms with E-state index < -0.39 is 17.8 Å². The molecule has 2 atom stereocenters. The second-order valence-electron chi connectivity index (χ2n) is 7.09. The average molecular weight is 397 g/mol. The third kappa shape index (κ3) is 4.78. The van der Waals surface area contributed by atoms with E-state index in [0.29, 0.717) is 12.2 Å². The highest BCUT2D eigenvalue weighted by molar-refractivity contribution is 6.40. The van der Waals surface area contributed by atoms with E-state index in [1.54, 1.807) is 0 Å². The van der Waals surface area contributed by atoms with Crippen LogP contribution in [0.3, 0.4) is 0 Å². The van der Waals surface area contributed by atoms with Crippen LogP contribution in [-0.4, -0.2) is 49.1 Å². The third-order valence-electron chi connectivity index (χ3n) is 4.86. The largest absolute Gasteiger partial charge is 0.368 e. The highest BCUT2D eigenvalue weighted by Gasteiger charge is 2.35. The molecule has 2 unspecified atom stereocenters. The Balaban J connectivity index is 1.73. The van der Waals surface area contributed by atoms with Gasteiger partial charge in [0.25, 0.3) is 5.91 Å². The zero-order valence-electron chi connectivity index (χ0n) is 16.4. The molecule has 29 heavy (non-hydrogen) atoms. The van der Waals surface area contributed by atoms with Crippen LogP contribution in [0.4, 0.5) is 10.1 Å². The normalized spacial score (nSPS) is 17.2. The summed E-state index contributed by atoms with van der Waals surface area (Å²) >= 11 is 0. The molecule has 8 heteroatoms. The van der Waals surface area contributed by atoms with Crippen LogP contribution >= 0.6 is 0 Å². The Morgan fingerprint density at radius 1 is 1.21 bits per heavy atom. The molecule has 7 nitrogen and oxygen atoms in total. The molecule has 0 saturated heterocycles. The van der Waals surface area contributed by atoms with Gasteiger partial charge in [-0.3, -0.25) is 14.6 Å². The fourth-order valence-electron chi connectivity index (χ4n) is 3.27. The van der Waals surface area contributed by atoms with Crippen LogP contribution in [0.2, 0.25) is 0 Å². The van der Waals surface area contributed by atoms with E-state index in [9.17, 15) is 14.0 Å². The number of carbonyl (C=O) groups excluding carboxylic acids is 2. The van der Waals surface area contributed by atoms with Crippen LogP contribution < -0.4 is 16.1 Å². The topological polar surface area (TPSA) is 91.0 Å². The minimum atomic E-state index is -0.792. The molecule has 2 amide bonds. The van der Waals surface area contributed by atoms with Crippen molar-refractivity contribution < 1.29 is 14.0 Å². The maximum absolute atomic E-state index is 13.2. The Morgan fingerprint density at radius 2 is 1.86 bits per heavy atom. The standard InChI is InChI=1S/C21H24FN5O2/c1-26(2)19(14-6-4-3-5-7-14)13-24-21(29)17-12-18(20(23)28)27(25-17)16-10-8-15(22)9-11-16/h3-11,18-19H,12-13H2,1-2H3,(H2,23,28)(H,24,29). The molecule has 1 aliphatic heterocycles. The van der Waals surface area contributed by atoms with Gasteiger partial charge in [0, 0.05) is 13.0 Å². The number of nitrogens with one attached hydrogen (secondary N) is 1. The Labute approximate surface area is 169 Å². The van der Waals surface area contributed by atoms with E-state index in [4.69, 9.17) is 5.73 Å². The molecular weight excluding hydrogens is 373 g/mol. The Bertz CT molecular complexity index is 899. The quantitative estimate of drug-likeness (QED) is 0.744. The van der Waals surface area contributed by atoms with Crippen molar-refractivity contribution in [2.75, 3.05) is 25.6 Å². The van der Waals surface area contributed by atoms with Crippen LogP contribution in [-0.2, 0) is 9.59 Å². The molecule has 3 N–H and O–H groups in total. The van der Waals surface area contributed by atoms with Crippen molar-refractivity contribution >= 4 is 23.2 Å². The SMILES string of the molecule is CN(C)C(CNC(=O)C1=NN(c2ccc(F)cc2)C(C(N)=O)C1)c1ccccc1. The van der Waals surface area contributed by atoms with Crippen LogP contribution in [0.15, 0.2) is 59.7 Å². The van der Waals surface area contributed by atoms with Gasteiger partial charge in [0.15, 0.2) is 0 Å². The zero-order chi connectivity index (χ0) is 21.0. The molecule has 1 aliphatic rings. The third-order valence-corrected chi connectivity index (χ3v) is 4.86. The number of halogens is 1. The van der Waals surface area contributed by atoms with Gasteiger partial charge in [-0.25, -0.2) is 4.39 Å². The van der Waals surface area contributed by atoms with E-state index in [1.807, 2.05) is 49.3 Å². The van der Waals surface area contributed by atoms with E-state index in [-0.39, 0.29) is 24.1 Å². The lowest BCUT2D eigenvalue weighted by Crippen LogP contribution is -2.40. The molecule has 0 radical (unpaired) electrons. The van der Waals surface area contributed by atoms with Crippen molar-refractivity contribution in [3.05, 3.63) is 66.0 Å². The minimum absolute atomic E-state index is 0.0118. The molecule has 0 fully saturated rings. The lowest BCUT2D eigenvalue weighted by atomic mass is 10.1. The van der Waals surface area contributed by atoms with Gasteiger partial charge in [0.2, 0.25) is 5.91 Å². The number of hydrogen-bond donors (Lipinski definition) is 2. The summed E-state index contributed by atoms with van der Waals surface area (Å²) in [7, 11) is 3.88. The minimum Gasteiger partial charge on any atom is -0.368 e. The number of nitrogens with zero attached hydrogens (tertiary/aromatic N) is 3. The summed E-state index contributed by atoms with van der Waals surface area (Å²) in [6, 6.07) is 14.6. The molecule has 1 heterocycles. The number of benzene rings is 2. The monoisotopic (exact) mass is 397 g/mol. The Kier molecular flexibility index (Phi) is 6.23. The molecule has 0 aliphatic carbocycles. The van der Waals surface area contributed by atoms with Crippen molar-refractivity contribution in [3.8, 4) is 0 Å². The van der Waals surface area contributed by atoms with Crippen LogP contribution in [0.25, 0.3) is 0 Å². The number of rotatable bonds is 7. The number of anilines is 1. The first-order chi connectivity index (χ1) is 13.9. The number of hydrazone groups is 1. The number of amides is 2. The second kappa shape index (κ2) is 8.83. The van der Waals surface area contributed by atoms with E-state index in [1.165, 1.54) is 29.3 Å². The van der Waals surface area contributed by atoms with Gasteiger partial charge in [-0.2, -0.15) is 5.10 Å². The van der Waals surface area contributed by atoms with Gasteiger partial charge < -0.3 is 16.0 Å². The van der Waals surface area contributed by atoms with Gasteiger partial charge in [0.05, 0.1) is 11.7 Å². The smallest absolute Gasteiger partial charge is 0.267 e. The summed E-state index contributed by atoms with van der Waals surface area (Å²) in [5.41, 5.74) is 7.27. The average Bonchev–Trinajstić information content (AvgIpc) is 3.15. The number of likely N-dealkylation sites (N-methyl/N-ethyl adjacent to an activating group) is 1. The van der Waals surface area contributed by atoms with Crippen molar-refractivity contribution in [2.24, 2.45) is 10.8 Å². The van der Waals surface area contributed by atoms with Gasteiger partial charge >= 0.3 is 0 Å². The first kappa shape index (κ1) is 20.5. The van der Waals surface area contributed by atoms with Crippen LogP contribution in [0, 0.1) is 5.82 Å². The van der Waals surface area contributed by atoms with E-state index in [2.05, 4.69) is 10.4 Å². The Hall–Kier alpha value is -3.26. The van der Waals surface area contributed by atoms with Gasteiger partial charge in [-0.1, -0.05) is 30.3 Å².